The van der Waals surface area contributed by atoms with Crippen molar-refractivity contribution in [3.8, 4) is 5.75 Å². The Kier molecular flexibility index (Phi) is 7.34. The third-order valence-corrected chi connectivity index (χ3v) is 6.66. The molecule has 7 nitrogen and oxygen atoms in total. The van der Waals surface area contributed by atoms with Crippen LogP contribution in [0.2, 0.25) is 0 Å². The number of sulfone groups is 1. The Morgan fingerprint density at radius 3 is 2.26 bits per heavy atom. The average molecular weight is 525 g/mol. The molecule has 0 saturated carbocycles. The van der Waals surface area contributed by atoms with Gasteiger partial charge >= 0.3 is 12.4 Å². The van der Waals surface area contributed by atoms with Crippen molar-refractivity contribution in [1.29, 1.82) is 0 Å². The summed E-state index contributed by atoms with van der Waals surface area (Å²) in [6, 6.07) is 3.85. The van der Waals surface area contributed by atoms with Gasteiger partial charge in [0.2, 0.25) is 0 Å². The lowest BCUT2D eigenvalue weighted by Crippen LogP contribution is -2.39. The van der Waals surface area contributed by atoms with Gasteiger partial charge in [0.15, 0.2) is 15.9 Å². The van der Waals surface area contributed by atoms with Crippen molar-refractivity contribution in [3.63, 3.8) is 0 Å². The zero-order valence-electron chi connectivity index (χ0n) is 18.5. The molecule has 0 aliphatic carbocycles. The van der Waals surface area contributed by atoms with Gasteiger partial charge in [0.05, 0.1) is 10.5 Å². The van der Waals surface area contributed by atoms with E-state index in [-0.39, 0.29) is 42.1 Å². The van der Waals surface area contributed by atoms with Crippen LogP contribution in [-0.4, -0.2) is 60.8 Å². The number of piperidine rings is 1. The van der Waals surface area contributed by atoms with Crippen molar-refractivity contribution in [2.45, 2.75) is 49.0 Å². The van der Waals surface area contributed by atoms with Crippen LogP contribution in [0.4, 0.5) is 26.3 Å². The Balaban J connectivity index is 1.83. The van der Waals surface area contributed by atoms with E-state index in [1.54, 1.807) is 0 Å². The first kappa shape index (κ1) is 26.7. The van der Waals surface area contributed by atoms with Crippen molar-refractivity contribution in [2.75, 3.05) is 19.3 Å². The maximum absolute atomic E-state index is 13.2. The average Bonchev–Trinajstić information content (AvgIpc) is 2.77. The van der Waals surface area contributed by atoms with E-state index in [1.165, 1.54) is 4.90 Å². The van der Waals surface area contributed by atoms with Crippen molar-refractivity contribution < 1.29 is 44.3 Å². The summed E-state index contributed by atoms with van der Waals surface area (Å²) in [6.45, 7) is 0.875. The van der Waals surface area contributed by atoms with E-state index in [1.807, 2.05) is 0 Å². The van der Waals surface area contributed by atoms with Crippen LogP contribution in [0.25, 0.3) is 0 Å². The van der Waals surface area contributed by atoms with Gasteiger partial charge in [-0.3, -0.25) is 4.79 Å². The highest BCUT2D eigenvalue weighted by Crippen LogP contribution is 2.34. The highest BCUT2D eigenvalue weighted by Gasteiger charge is 2.39. The van der Waals surface area contributed by atoms with Gasteiger partial charge in [-0.1, -0.05) is 0 Å². The molecule has 192 valence electrons. The molecule has 0 spiro atoms. The first-order valence-corrected chi connectivity index (χ1v) is 12.2. The summed E-state index contributed by atoms with van der Waals surface area (Å²) in [4.78, 5) is 21.3. The summed E-state index contributed by atoms with van der Waals surface area (Å²) in [6.07, 6.45) is -9.44. The second-order valence-electron chi connectivity index (χ2n) is 8.12. The fourth-order valence-corrected chi connectivity index (χ4v) is 4.21. The largest absolute Gasteiger partial charge is 0.480 e. The second kappa shape index (κ2) is 9.63. The number of aromatic nitrogens is 2. The van der Waals surface area contributed by atoms with Gasteiger partial charge in [-0.2, -0.15) is 26.3 Å². The van der Waals surface area contributed by atoms with Crippen LogP contribution in [0.15, 0.2) is 35.5 Å². The zero-order chi connectivity index (χ0) is 26.2. The van der Waals surface area contributed by atoms with Crippen LogP contribution in [0.1, 0.15) is 47.4 Å². The Bertz CT molecular complexity index is 1190. The molecular weight excluding hydrogens is 504 g/mol. The van der Waals surface area contributed by atoms with Crippen LogP contribution in [-0.2, 0) is 16.0 Å². The van der Waals surface area contributed by atoms with Crippen LogP contribution >= 0.6 is 0 Å². The van der Waals surface area contributed by atoms with Crippen molar-refractivity contribution in [2.24, 2.45) is 0 Å². The number of carbonyl (C=O) groups is 1. The minimum absolute atomic E-state index is 0.0617. The molecule has 0 N–H and O–H groups in total. The van der Waals surface area contributed by atoms with E-state index < -0.39 is 51.6 Å². The number of benzene rings is 1. The molecule has 0 bridgehead atoms. The molecule has 1 unspecified atom stereocenters. The molecule has 1 aliphatic heterocycles. The van der Waals surface area contributed by atoms with Crippen molar-refractivity contribution >= 4 is 15.7 Å². The summed E-state index contributed by atoms with van der Waals surface area (Å²) in [7, 11) is -3.78. The SMILES string of the molecule is CC(Oc1ccc(S(C)(=O)=O)cc1C(=O)N1CCC(c2cc(C(F)(F)F)ncn2)CC1)C(F)(F)F. The number of alkyl halides is 6. The fraction of sp³-hybridized carbons (Fsp3) is 0.476. The molecule has 35 heavy (non-hydrogen) atoms. The standard InChI is InChI=1S/C21H21F6N3O4S/c1-12(20(22,23)24)34-17-4-3-14(35(2,32)33)9-15(17)19(31)30-7-5-13(6-8-30)16-10-18(21(25,26)27)29-11-28-16/h3-4,9-13H,5-8H2,1-2H3. The summed E-state index contributed by atoms with van der Waals surface area (Å²) in [5.41, 5.74) is -1.27. The molecule has 1 atom stereocenters. The van der Waals surface area contributed by atoms with Gasteiger partial charge < -0.3 is 9.64 Å². The topological polar surface area (TPSA) is 89.5 Å². The molecule has 3 rings (SSSR count). The van der Waals surface area contributed by atoms with Gasteiger partial charge in [0.25, 0.3) is 5.91 Å². The van der Waals surface area contributed by atoms with Crippen molar-refractivity contribution in [3.05, 3.63) is 47.5 Å². The van der Waals surface area contributed by atoms with E-state index in [0.29, 0.717) is 0 Å². The van der Waals surface area contributed by atoms with Crippen LogP contribution in [0.5, 0.6) is 5.75 Å². The van der Waals surface area contributed by atoms with Crippen molar-refractivity contribution in [1.82, 2.24) is 14.9 Å². The maximum atomic E-state index is 13.2. The molecule has 1 aromatic carbocycles. The molecule has 1 fully saturated rings. The number of likely N-dealkylation sites (tertiary alicyclic amines) is 1. The van der Waals surface area contributed by atoms with E-state index in [0.717, 1.165) is 43.8 Å². The van der Waals surface area contributed by atoms with Gasteiger partial charge in [-0.15, -0.1) is 0 Å². The lowest BCUT2D eigenvalue weighted by Gasteiger charge is -2.32. The molecule has 1 saturated heterocycles. The predicted molar refractivity (Wildman–Crippen MR) is 111 cm³/mol. The Labute approximate surface area is 197 Å². The van der Waals surface area contributed by atoms with Crippen LogP contribution < -0.4 is 4.74 Å². The minimum atomic E-state index is -4.72. The molecule has 1 amide bonds. The predicted octanol–water partition coefficient (Wildman–Crippen LogP) is 4.25. The number of halogens is 6. The number of hydrogen-bond acceptors (Lipinski definition) is 6. The number of amides is 1. The number of nitrogens with zero attached hydrogens (tertiary/aromatic N) is 3. The number of ether oxygens (including phenoxy) is 1. The van der Waals surface area contributed by atoms with Gasteiger partial charge in [-0.25, -0.2) is 18.4 Å². The lowest BCUT2D eigenvalue weighted by atomic mass is 9.92. The first-order valence-electron chi connectivity index (χ1n) is 10.3. The normalized spacial score (nSPS) is 16.7. The maximum Gasteiger partial charge on any atom is 0.433 e. The fourth-order valence-electron chi connectivity index (χ4n) is 3.57. The van der Waals surface area contributed by atoms with E-state index in [9.17, 15) is 39.6 Å². The molecule has 1 aromatic heterocycles. The molecule has 2 heterocycles. The third-order valence-electron chi connectivity index (χ3n) is 5.55. The molecule has 1 aliphatic rings. The Hall–Kier alpha value is -2.90. The van der Waals surface area contributed by atoms with E-state index >= 15 is 0 Å². The molecule has 14 heteroatoms. The summed E-state index contributed by atoms with van der Waals surface area (Å²) >= 11 is 0. The molecule has 0 radical (unpaired) electrons. The van der Waals surface area contributed by atoms with E-state index in [2.05, 4.69) is 9.97 Å². The second-order valence-corrected chi connectivity index (χ2v) is 10.1. The number of carbonyl (C=O) groups excluding carboxylic acids is 1. The monoisotopic (exact) mass is 525 g/mol. The van der Waals surface area contributed by atoms with Gasteiger partial charge in [0, 0.05) is 31.0 Å². The first-order chi connectivity index (χ1) is 16.1. The van der Waals surface area contributed by atoms with Crippen LogP contribution in [0, 0.1) is 0 Å². The molecule has 2 aromatic rings. The Morgan fingerprint density at radius 1 is 1.09 bits per heavy atom. The smallest absolute Gasteiger partial charge is 0.433 e. The number of rotatable bonds is 5. The highest BCUT2D eigenvalue weighted by atomic mass is 32.2. The van der Waals surface area contributed by atoms with Crippen LogP contribution in [0.3, 0.4) is 0 Å². The lowest BCUT2D eigenvalue weighted by molar-refractivity contribution is -0.189. The quantitative estimate of drug-likeness (QED) is 0.543. The molecular formula is C21H21F6N3O4S. The van der Waals surface area contributed by atoms with Gasteiger partial charge in [-0.05, 0) is 44.0 Å². The third kappa shape index (κ3) is 6.41. The Morgan fingerprint density at radius 2 is 1.71 bits per heavy atom. The summed E-state index contributed by atoms with van der Waals surface area (Å²) in [5.74, 6) is -1.58. The van der Waals surface area contributed by atoms with E-state index in [4.69, 9.17) is 4.74 Å². The summed E-state index contributed by atoms with van der Waals surface area (Å²) in [5, 5.41) is 0. The summed E-state index contributed by atoms with van der Waals surface area (Å²) < 4.78 is 107. The zero-order valence-corrected chi connectivity index (χ0v) is 19.3. The highest BCUT2D eigenvalue weighted by molar-refractivity contribution is 7.90. The number of hydrogen-bond donors (Lipinski definition) is 0. The van der Waals surface area contributed by atoms with Gasteiger partial charge in [0.1, 0.15) is 17.8 Å². The minimum Gasteiger partial charge on any atom is -0.480 e.